The molecule has 0 bridgehead atoms. The van der Waals surface area contributed by atoms with Crippen LogP contribution in [-0.4, -0.2) is 61.3 Å². The van der Waals surface area contributed by atoms with Crippen LogP contribution < -0.4 is 14.2 Å². The zero-order valence-electron chi connectivity index (χ0n) is 23.7. The first-order chi connectivity index (χ1) is 18.6. The number of carbonyl (C=O) groups excluding carboxylic acids is 2. The number of aliphatic hydroxyl groups is 1. The van der Waals surface area contributed by atoms with E-state index >= 15 is 0 Å². The molecule has 2 atom stereocenters. The van der Waals surface area contributed by atoms with Crippen molar-refractivity contribution in [2.24, 2.45) is 0 Å². The average Bonchev–Trinajstić information content (AvgIpc) is 3.51. The highest BCUT2D eigenvalue weighted by Crippen LogP contribution is 2.43. The number of methoxy groups -OCH3 is 1. The van der Waals surface area contributed by atoms with Crippen molar-refractivity contribution in [1.29, 1.82) is 0 Å². The Morgan fingerprint density at radius 1 is 1.03 bits per heavy atom. The normalized spacial score (nSPS) is 20.9. The lowest BCUT2D eigenvalue weighted by Gasteiger charge is -2.28. The lowest BCUT2D eigenvalue weighted by atomic mass is 9.84. The molecule has 0 saturated carbocycles. The van der Waals surface area contributed by atoms with Crippen LogP contribution in [0.3, 0.4) is 0 Å². The molecule has 1 amide bonds. The van der Waals surface area contributed by atoms with Crippen LogP contribution in [0.1, 0.15) is 70.2 Å². The van der Waals surface area contributed by atoms with Crippen molar-refractivity contribution in [3.63, 3.8) is 0 Å². The van der Waals surface area contributed by atoms with Gasteiger partial charge < -0.3 is 29.0 Å². The van der Waals surface area contributed by atoms with Crippen molar-refractivity contribution in [2.45, 2.75) is 65.0 Å². The molecule has 0 aliphatic carbocycles. The number of hydrogen-bond donors (Lipinski definition) is 1. The standard InChI is InChI=1S/C31H39NO7/c1-7-37-23-13-12-20(16-22(23)31(3,4)5)28(33)26-27(19-11-14-24(38-8-2)25(17-19)36-6)32(30(35)29(26)34)18-21-10-9-15-39-21/h11-14,16-17,21,27,33H,7-10,15,18H2,1-6H3/b28-26+. The van der Waals surface area contributed by atoms with E-state index < -0.39 is 17.7 Å². The number of rotatable bonds is 9. The topological polar surface area (TPSA) is 94.5 Å². The fraction of sp³-hybridized carbons (Fsp3) is 0.484. The third-order valence-electron chi connectivity index (χ3n) is 7.13. The van der Waals surface area contributed by atoms with E-state index in [2.05, 4.69) is 20.8 Å². The van der Waals surface area contributed by atoms with E-state index in [0.717, 1.165) is 18.4 Å². The second-order valence-electron chi connectivity index (χ2n) is 10.8. The number of likely N-dealkylation sites (tertiary alicyclic amines) is 1. The number of benzene rings is 2. The Labute approximate surface area is 230 Å². The highest BCUT2D eigenvalue weighted by Gasteiger charge is 2.47. The van der Waals surface area contributed by atoms with Crippen molar-refractivity contribution < 1.29 is 33.6 Å². The Hall–Kier alpha value is -3.52. The van der Waals surface area contributed by atoms with Gasteiger partial charge in [0.1, 0.15) is 11.5 Å². The van der Waals surface area contributed by atoms with Crippen LogP contribution in [0.5, 0.6) is 17.2 Å². The summed E-state index contributed by atoms with van der Waals surface area (Å²) in [5, 5.41) is 11.6. The molecule has 0 aromatic heterocycles. The van der Waals surface area contributed by atoms with E-state index in [1.807, 2.05) is 19.9 Å². The molecule has 2 heterocycles. The molecule has 2 saturated heterocycles. The van der Waals surface area contributed by atoms with Gasteiger partial charge in [0, 0.05) is 24.3 Å². The molecule has 2 aliphatic rings. The quantitative estimate of drug-likeness (QED) is 0.260. The number of ether oxygens (including phenoxy) is 4. The number of ketones is 1. The zero-order chi connectivity index (χ0) is 28.3. The Balaban J connectivity index is 1.88. The first kappa shape index (κ1) is 28.5. The van der Waals surface area contributed by atoms with Crippen LogP contribution in [0, 0.1) is 0 Å². The Kier molecular flexibility index (Phi) is 8.54. The molecule has 8 heteroatoms. The Morgan fingerprint density at radius 3 is 2.33 bits per heavy atom. The first-order valence-corrected chi connectivity index (χ1v) is 13.6. The lowest BCUT2D eigenvalue weighted by molar-refractivity contribution is -0.140. The molecule has 39 heavy (non-hydrogen) atoms. The largest absolute Gasteiger partial charge is 0.507 e. The fourth-order valence-electron chi connectivity index (χ4n) is 5.25. The number of carbonyl (C=O) groups is 2. The fourth-order valence-corrected chi connectivity index (χ4v) is 5.25. The molecular weight excluding hydrogens is 498 g/mol. The molecule has 2 unspecified atom stereocenters. The van der Waals surface area contributed by atoms with Gasteiger partial charge in [0.2, 0.25) is 0 Å². The maximum atomic E-state index is 13.5. The maximum absolute atomic E-state index is 13.5. The van der Waals surface area contributed by atoms with Crippen LogP contribution in [0.15, 0.2) is 42.0 Å². The minimum Gasteiger partial charge on any atom is -0.507 e. The van der Waals surface area contributed by atoms with Crippen LogP contribution in [0.25, 0.3) is 5.76 Å². The molecule has 2 fully saturated rings. The number of amides is 1. The summed E-state index contributed by atoms with van der Waals surface area (Å²) in [5.41, 5.74) is 1.72. The molecule has 8 nitrogen and oxygen atoms in total. The van der Waals surface area contributed by atoms with E-state index in [4.69, 9.17) is 18.9 Å². The Bertz CT molecular complexity index is 1250. The smallest absolute Gasteiger partial charge is 0.295 e. The number of aliphatic hydroxyl groups excluding tert-OH is 1. The van der Waals surface area contributed by atoms with E-state index in [-0.39, 0.29) is 29.4 Å². The van der Waals surface area contributed by atoms with Crippen LogP contribution in [0.2, 0.25) is 0 Å². The van der Waals surface area contributed by atoms with E-state index in [1.54, 1.807) is 37.4 Å². The predicted molar refractivity (Wildman–Crippen MR) is 148 cm³/mol. The summed E-state index contributed by atoms with van der Waals surface area (Å²) < 4.78 is 22.9. The molecule has 2 aliphatic heterocycles. The van der Waals surface area contributed by atoms with Gasteiger partial charge in [0.15, 0.2) is 11.5 Å². The summed E-state index contributed by atoms with van der Waals surface area (Å²) in [6, 6.07) is 9.87. The van der Waals surface area contributed by atoms with Gasteiger partial charge in [-0.15, -0.1) is 0 Å². The summed E-state index contributed by atoms with van der Waals surface area (Å²) in [4.78, 5) is 28.5. The van der Waals surface area contributed by atoms with E-state index in [9.17, 15) is 14.7 Å². The number of hydrogen-bond acceptors (Lipinski definition) is 7. The van der Waals surface area contributed by atoms with Gasteiger partial charge in [-0.05, 0) is 68.0 Å². The minimum absolute atomic E-state index is 0.0354. The van der Waals surface area contributed by atoms with Gasteiger partial charge in [-0.2, -0.15) is 0 Å². The molecule has 0 spiro atoms. The number of Topliss-reactive ketones (excluding diaryl/α,β-unsaturated/α-hetero) is 1. The van der Waals surface area contributed by atoms with Gasteiger partial charge in [0.05, 0.1) is 38.0 Å². The second kappa shape index (κ2) is 11.7. The van der Waals surface area contributed by atoms with Crippen molar-refractivity contribution >= 4 is 17.4 Å². The summed E-state index contributed by atoms with van der Waals surface area (Å²) in [7, 11) is 1.54. The van der Waals surface area contributed by atoms with Gasteiger partial charge in [-0.3, -0.25) is 9.59 Å². The SMILES string of the molecule is CCOc1ccc(C2/C(=C(\O)c3ccc(OCC)c(C(C)(C)C)c3)C(=O)C(=O)N2CC2CCCO2)cc1OC. The van der Waals surface area contributed by atoms with Crippen LogP contribution >= 0.6 is 0 Å². The highest BCUT2D eigenvalue weighted by molar-refractivity contribution is 6.46. The number of nitrogens with zero attached hydrogens (tertiary/aromatic N) is 1. The average molecular weight is 538 g/mol. The zero-order valence-corrected chi connectivity index (χ0v) is 23.7. The van der Waals surface area contributed by atoms with Gasteiger partial charge in [-0.25, -0.2) is 0 Å². The maximum Gasteiger partial charge on any atom is 0.295 e. The highest BCUT2D eigenvalue weighted by atomic mass is 16.5. The predicted octanol–water partition coefficient (Wildman–Crippen LogP) is 5.39. The third kappa shape index (κ3) is 5.76. The third-order valence-corrected chi connectivity index (χ3v) is 7.13. The molecule has 1 N–H and O–H groups in total. The van der Waals surface area contributed by atoms with Crippen molar-refractivity contribution in [2.75, 3.05) is 33.5 Å². The second-order valence-corrected chi connectivity index (χ2v) is 10.8. The van der Waals surface area contributed by atoms with Crippen LogP contribution in [-0.2, 0) is 19.7 Å². The van der Waals surface area contributed by atoms with Crippen molar-refractivity contribution in [3.05, 3.63) is 58.7 Å². The van der Waals surface area contributed by atoms with Gasteiger partial charge in [0.25, 0.3) is 11.7 Å². The monoisotopic (exact) mass is 537 g/mol. The summed E-state index contributed by atoms with van der Waals surface area (Å²) in [5.74, 6) is 0.137. The lowest BCUT2D eigenvalue weighted by Crippen LogP contribution is -2.36. The van der Waals surface area contributed by atoms with Gasteiger partial charge >= 0.3 is 0 Å². The molecule has 210 valence electrons. The van der Waals surface area contributed by atoms with E-state index in [1.165, 1.54) is 4.90 Å². The van der Waals surface area contributed by atoms with Crippen molar-refractivity contribution in [3.8, 4) is 17.2 Å². The first-order valence-electron chi connectivity index (χ1n) is 13.6. The van der Waals surface area contributed by atoms with Crippen LogP contribution in [0.4, 0.5) is 0 Å². The summed E-state index contributed by atoms with van der Waals surface area (Å²) in [6.07, 6.45) is 1.53. The molecule has 0 radical (unpaired) electrons. The minimum atomic E-state index is -0.816. The van der Waals surface area contributed by atoms with Crippen molar-refractivity contribution in [1.82, 2.24) is 4.90 Å². The summed E-state index contributed by atoms with van der Waals surface area (Å²) in [6.45, 7) is 11.8. The van der Waals surface area contributed by atoms with Gasteiger partial charge in [-0.1, -0.05) is 26.8 Å². The summed E-state index contributed by atoms with van der Waals surface area (Å²) >= 11 is 0. The molecule has 2 aromatic carbocycles. The molecule has 4 rings (SSSR count). The Morgan fingerprint density at radius 2 is 1.72 bits per heavy atom. The van der Waals surface area contributed by atoms with E-state index in [0.29, 0.717) is 48.2 Å². The molecule has 2 aromatic rings. The molecular formula is C31H39NO7.